The Morgan fingerprint density at radius 2 is 0.973 bits per heavy atom. The molecule has 3 aliphatic rings. The highest BCUT2D eigenvalue weighted by Crippen LogP contribution is 2.57. The maximum absolute atomic E-state index is 9.96. The van der Waals surface area contributed by atoms with E-state index in [4.69, 9.17) is 0 Å². The minimum Gasteiger partial charge on any atom is -0.381 e. The third-order valence-electron chi connectivity index (χ3n) is 8.80. The molecule has 0 amide bonds. The molecule has 3 aromatic rings. The highest BCUT2D eigenvalue weighted by molar-refractivity contribution is 6.90. The standard InChI is InChI=1S/C35H38OSi/c1-22(2)37(23(3)4,24(5)6)21-20-27-19-18-26(17-16-25(7)36)32-33(27)35-30-14-10-8-12-28(30)34(32)29-13-9-11-15-31(29)35/h8-15,18-19,22-25,34-36H,1-7H3. The summed E-state index contributed by atoms with van der Waals surface area (Å²) in [5.41, 5.74) is 16.1. The van der Waals surface area contributed by atoms with Gasteiger partial charge in [-0.15, -0.1) is 5.54 Å². The first-order chi connectivity index (χ1) is 17.7. The molecule has 0 spiro atoms. The lowest BCUT2D eigenvalue weighted by atomic mass is 9.59. The Hall–Kier alpha value is -3.04. The SMILES string of the molecule is CC(O)C#Cc1ccc(C#C[Si](C(C)C)(C(C)C)C(C)C)c2c1C1c3ccccc3C2c2ccccc21. The molecular weight excluding hydrogens is 464 g/mol. The Bertz CT molecular complexity index is 1400. The number of rotatable bonds is 3. The highest BCUT2D eigenvalue weighted by atomic mass is 28.3. The first-order valence-electron chi connectivity index (χ1n) is 13.8. The molecule has 2 bridgehead atoms. The van der Waals surface area contributed by atoms with Crippen molar-refractivity contribution in [2.75, 3.05) is 0 Å². The molecule has 3 aliphatic carbocycles. The fourth-order valence-electron chi connectivity index (χ4n) is 7.30. The highest BCUT2D eigenvalue weighted by Gasteiger charge is 2.44. The van der Waals surface area contributed by atoms with E-state index < -0.39 is 14.2 Å². The maximum Gasteiger partial charge on any atom is 0.146 e. The number of hydrogen-bond donors (Lipinski definition) is 1. The molecule has 0 heterocycles. The molecule has 1 unspecified atom stereocenters. The molecular formula is C35H38OSi. The molecule has 1 nitrogen and oxygen atoms in total. The van der Waals surface area contributed by atoms with Crippen LogP contribution in [0.3, 0.4) is 0 Å². The van der Waals surface area contributed by atoms with Crippen LogP contribution in [-0.4, -0.2) is 19.3 Å². The van der Waals surface area contributed by atoms with Gasteiger partial charge in [-0.2, -0.15) is 0 Å². The van der Waals surface area contributed by atoms with Crippen LogP contribution in [0.25, 0.3) is 0 Å². The Morgan fingerprint density at radius 3 is 1.32 bits per heavy atom. The van der Waals surface area contributed by atoms with Gasteiger partial charge in [-0.25, -0.2) is 0 Å². The monoisotopic (exact) mass is 502 g/mol. The van der Waals surface area contributed by atoms with Gasteiger partial charge in [0.15, 0.2) is 0 Å². The van der Waals surface area contributed by atoms with E-state index in [-0.39, 0.29) is 11.8 Å². The van der Waals surface area contributed by atoms with Gasteiger partial charge in [0.2, 0.25) is 0 Å². The predicted molar refractivity (Wildman–Crippen MR) is 158 cm³/mol. The molecule has 1 atom stereocenters. The summed E-state index contributed by atoms with van der Waals surface area (Å²) in [5.74, 6) is 10.4. The summed E-state index contributed by atoms with van der Waals surface area (Å²) in [4.78, 5) is 0. The molecule has 0 aromatic heterocycles. The van der Waals surface area contributed by atoms with Crippen molar-refractivity contribution in [1.29, 1.82) is 0 Å². The molecule has 2 heteroatoms. The topological polar surface area (TPSA) is 20.2 Å². The predicted octanol–water partition coefficient (Wildman–Crippen LogP) is 7.98. The quantitative estimate of drug-likeness (QED) is 0.196. The fourth-order valence-corrected chi connectivity index (χ4v) is 12.5. The summed E-state index contributed by atoms with van der Waals surface area (Å²) in [6.45, 7) is 16.0. The molecule has 0 fully saturated rings. The second kappa shape index (κ2) is 9.68. The van der Waals surface area contributed by atoms with Gasteiger partial charge in [-0.05, 0) is 69.1 Å². The van der Waals surface area contributed by atoms with Crippen molar-refractivity contribution in [1.82, 2.24) is 0 Å². The second-order valence-electron chi connectivity index (χ2n) is 11.7. The molecule has 6 rings (SSSR count). The first-order valence-corrected chi connectivity index (χ1v) is 16.0. The van der Waals surface area contributed by atoms with Crippen molar-refractivity contribution in [2.24, 2.45) is 0 Å². The van der Waals surface area contributed by atoms with Crippen LogP contribution in [0, 0.1) is 23.3 Å². The largest absolute Gasteiger partial charge is 0.381 e. The summed E-state index contributed by atoms with van der Waals surface area (Å²) in [6.07, 6.45) is -0.662. The van der Waals surface area contributed by atoms with Gasteiger partial charge in [-0.3, -0.25) is 0 Å². The van der Waals surface area contributed by atoms with Crippen LogP contribution in [0.2, 0.25) is 16.6 Å². The van der Waals surface area contributed by atoms with E-state index in [1.807, 2.05) is 0 Å². The zero-order valence-electron chi connectivity index (χ0n) is 23.2. The van der Waals surface area contributed by atoms with Gasteiger partial charge in [0, 0.05) is 23.0 Å². The van der Waals surface area contributed by atoms with E-state index in [0.29, 0.717) is 16.6 Å². The average molecular weight is 503 g/mol. The minimum absolute atomic E-state index is 0.134. The van der Waals surface area contributed by atoms with Crippen molar-refractivity contribution < 1.29 is 5.11 Å². The van der Waals surface area contributed by atoms with Gasteiger partial charge in [0.25, 0.3) is 0 Å². The maximum atomic E-state index is 9.96. The van der Waals surface area contributed by atoms with E-state index >= 15 is 0 Å². The first kappa shape index (κ1) is 25.6. The summed E-state index contributed by atoms with van der Waals surface area (Å²) < 4.78 is 0. The van der Waals surface area contributed by atoms with Crippen LogP contribution in [0.4, 0.5) is 0 Å². The van der Waals surface area contributed by atoms with Crippen LogP contribution in [0.15, 0.2) is 60.7 Å². The van der Waals surface area contributed by atoms with Crippen LogP contribution in [0.1, 0.15) is 105 Å². The smallest absolute Gasteiger partial charge is 0.146 e. The van der Waals surface area contributed by atoms with Crippen molar-refractivity contribution >= 4 is 8.07 Å². The van der Waals surface area contributed by atoms with Crippen LogP contribution < -0.4 is 0 Å². The molecule has 188 valence electrons. The Kier molecular flexibility index (Phi) is 6.70. The van der Waals surface area contributed by atoms with Crippen LogP contribution >= 0.6 is 0 Å². The van der Waals surface area contributed by atoms with Gasteiger partial charge in [0.05, 0.1) is 0 Å². The number of aliphatic hydroxyl groups excluding tert-OH is 1. The number of benzene rings is 3. The average Bonchev–Trinajstić information content (AvgIpc) is 2.87. The van der Waals surface area contributed by atoms with E-state index in [1.54, 1.807) is 6.92 Å². The van der Waals surface area contributed by atoms with Crippen LogP contribution in [0.5, 0.6) is 0 Å². The van der Waals surface area contributed by atoms with Gasteiger partial charge < -0.3 is 5.11 Å². The van der Waals surface area contributed by atoms with E-state index in [0.717, 1.165) is 11.1 Å². The van der Waals surface area contributed by atoms with Crippen molar-refractivity contribution in [3.05, 3.63) is 105 Å². The second-order valence-corrected chi connectivity index (χ2v) is 17.3. The zero-order chi connectivity index (χ0) is 26.5. The van der Waals surface area contributed by atoms with Crippen LogP contribution in [-0.2, 0) is 0 Å². The minimum atomic E-state index is -1.89. The third kappa shape index (κ3) is 3.99. The molecule has 0 saturated heterocycles. The van der Waals surface area contributed by atoms with Crippen molar-refractivity contribution in [2.45, 2.75) is 83.0 Å². The van der Waals surface area contributed by atoms with E-state index in [9.17, 15) is 5.11 Å². The normalized spacial score (nSPS) is 17.9. The van der Waals surface area contributed by atoms with Crippen molar-refractivity contribution in [3.63, 3.8) is 0 Å². The lowest BCUT2D eigenvalue weighted by Crippen LogP contribution is -2.43. The van der Waals surface area contributed by atoms with Gasteiger partial charge >= 0.3 is 0 Å². The summed E-state index contributed by atoms with van der Waals surface area (Å²) in [5, 5.41) is 9.96. The Morgan fingerprint density at radius 1 is 0.595 bits per heavy atom. The third-order valence-corrected chi connectivity index (χ3v) is 15.1. The molecule has 0 radical (unpaired) electrons. The Labute approximate surface area is 224 Å². The lowest BCUT2D eigenvalue weighted by Gasteiger charge is -2.43. The molecule has 1 N–H and O–H groups in total. The molecule has 0 aliphatic heterocycles. The van der Waals surface area contributed by atoms with E-state index in [2.05, 4.69) is 126 Å². The fraction of sp³-hybridized carbons (Fsp3) is 0.371. The molecule has 0 saturated carbocycles. The molecule has 3 aromatic carbocycles. The van der Waals surface area contributed by atoms with Crippen molar-refractivity contribution in [3.8, 4) is 23.3 Å². The summed E-state index contributed by atoms with van der Waals surface area (Å²) >= 11 is 0. The Balaban J connectivity index is 1.82. The summed E-state index contributed by atoms with van der Waals surface area (Å²) in [7, 11) is -1.89. The van der Waals surface area contributed by atoms with E-state index in [1.165, 1.54) is 33.4 Å². The van der Waals surface area contributed by atoms with Gasteiger partial charge in [0.1, 0.15) is 14.2 Å². The van der Waals surface area contributed by atoms with Gasteiger partial charge in [-0.1, -0.05) is 108 Å². The summed E-state index contributed by atoms with van der Waals surface area (Å²) in [6, 6.07) is 22.1. The molecule has 37 heavy (non-hydrogen) atoms. The number of hydrogen-bond acceptors (Lipinski definition) is 1. The zero-order valence-corrected chi connectivity index (χ0v) is 24.2. The lowest BCUT2D eigenvalue weighted by molar-refractivity contribution is 0.253. The number of aliphatic hydroxyl groups is 1.